The summed E-state index contributed by atoms with van der Waals surface area (Å²) in [5.74, 6) is 1.07. The predicted molar refractivity (Wildman–Crippen MR) is 87.4 cm³/mol. The Hall–Kier alpha value is -2.19. The van der Waals surface area contributed by atoms with Gasteiger partial charge in [0, 0.05) is 42.5 Å². The minimum absolute atomic E-state index is 0.0907. The van der Waals surface area contributed by atoms with E-state index in [0.29, 0.717) is 36.0 Å². The van der Waals surface area contributed by atoms with Gasteiger partial charge in [0.2, 0.25) is 11.8 Å². The lowest BCUT2D eigenvalue weighted by Gasteiger charge is -2.28. The molecule has 0 saturated carbocycles. The summed E-state index contributed by atoms with van der Waals surface area (Å²) in [5, 5.41) is 0. The Balaban J connectivity index is 1.82. The van der Waals surface area contributed by atoms with Crippen molar-refractivity contribution < 1.29 is 9.47 Å². The Morgan fingerprint density at radius 2 is 2.13 bits per heavy atom. The molecule has 0 spiro atoms. The van der Waals surface area contributed by atoms with Crippen molar-refractivity contribution in [3.8, 4) is 11.8 Å². The topological polar surface area (TPSA) is 83.2 Å². The second-order valence-corrected chi connectivity index (χ2v) is 5.76. The Labute approximate surface area is 138 Å². The van der Waals surface area contributed by atoms with Gasteiger partial charge in [-0.05, 0) is 24.7 Å². The van der Waals surface area contributed by atoms with Crippen LogP contribution in [-0.4, -0.2) is 40.6 Å². The number of methoxy groups -OCH3 is 2. The largest absolute Gasteiger partial charge is 0.481 e. The van der Waals surface area contributed by atoms with Gasteiger partial charge in [0.05, 0.1) is 14.2 Å². The molecule has 0 atom stereocenters. The molecule has 8 heteroatoms. The molecule has 2 aromatic rings. The maximum atomic E-state index is 11.9. The van der Waals surface area contributed by atoms with Crippen molar-refractivity contribution in [3.05, 3.63) is 44.1 Å². The molecule has 0 amide bonds. The molecule has 2 aromatic heterocycles. The van der Waals surface area contributed by atoms with Crippen LogP contribution in [0.25, 0.3) is 0 Å². The molecule has 0 fully saturated rings. The zero-order valence-electron chi connectivity index (χ0n) is 13.0. The van der Waals surface area contributed by atoms with Crippen LogP contribution in [0.1, 0.15) is 16.8 Å². The maximum absolute atomic E-state index is 11.9. The lowest BCUT2D eigenvalue weighted by molar-refractivity contribution is 0.235. The summed E-state index contributed by atoms with van der Waals surface area (Å²) in [6.07, 6.45) is 0.683. The van der Waals surface area contributed by atoms with Gasteiger partial charge in [0.25, 0.3) is 5.56 Å². The number of aromatic nitrogens is 3. The van der Waals surface area contributed by atoms with Crippen molar-refractivity contribution in [2.75, 3.05) is 20.8 Å². The Morgan fingerprint density at radius 3 is 2.87 bits per heavy atom. The number of H-pyrrole nitrogens is 2. The van der Waals surface area contributed by atoms with E-state index in [2.05, 4.69) is 19.9 Å². The monoisotopic (exact) mass is 334 g/mol. The first-order valence-electron chi connectivity index (χ1n) is 7.25. The predicted octanol–water partition coefficient (Wildman–Crippen LogP) is 1.40. The standard InChI is InChI=1S/C15H18N4O3S/c1-21-12-4-3-9(14(17-12)22-2)7-19-6-5-10-11(8-19)16-15(23)18-13(10)20/h3-4H,5-8H2,1-2H3,(H2,16,18,20,23). The summed E-state index contributed by atoms with van der Waals surface area (Å²) in [5.41, 5.74) is 2.55. The number of pyridine rings is 1. The molecule has 7 nitrogen and oxygen atoms in total. The molecule has 0 radical (unpaired) electrons. The van der Waals surface area contributed by atoms with Gasteiger partial charge in [-0.15, -0.1) is 0 Å². The van der Waals surface area contributed by atoms with Crippen molar-refractivity contribution in [3.63, 3.8) is 0 Å². The maximum Gasteiger partial charge on any atom is 0.255 e. The van der Waals surface area contributed by atoms with E-state index < -0.39 is 0 Å². The SMILES string of the molecule is COc1ccc(CN2CCc3c([nH]c(=S)[nH]c3=O)C2)c(OC)n1. The van der Waals surface area contributed by atoms with Crippen LogP contribution in [0.15, 0.2) is 16.9 Å². The lowest BCUT2D eigenvalue weighted by atomic mass is 10.1. The molecule has 3 rings (SSSR count). The molecule has 0 aliphatic carbocycles. The number of nitrogens with zero attached hydrogens (tertiary/aromatic N) is 2. The van der Waals surface area contributed by atoms with Gasteiger partial charge >= 0.3 is 0 Å². The summed E-state index contributed by atoms with van der Waals surface area (Å²) in [4.78, 5) is 24.2. The molecule has 23 heavy (non-hydrogen) atoms. The van der Waals surface area contributed by atoms with E-state index in [-0.39, 0.29) is 5.56 Å². The van der Waals surface area contributed by atoms with Gasteiger partial charge in [-0.1, -0.05) is 0 Å². The quantitative estimate of drug-likeness (QED) is 0.823. The number of hydrogen-bond donors (Lipinski definition) is 2. The first-order valence-corrected chi connectivity index (χ1v) is 7.66. The first-order chi connectivity index (χ1) is 11.1. The number of fused-ring (bicyclic) bond motifs is 1. The fourth-order valence-corrected chi connectivity index (χ4v) is 2.99. The van der Waals surface area contributed by atoms with Crippen LogP contribution >= 0.6 is 12.2 Å². The molecule has 3 heterocycles. The molecule has 1 aliphatic heterocycles. The van der Waals surface area contributed by atoms with Crippen molar-refractivity contribution in [2.24, 2.45) is 0 Å². The van der Waals surface area contributed by atoms with Crippen molar-refractivity contribution in [1.29, 1.82) is 0 Å². The molecule has 0 unspecified atom stereocenters. The highest BCUT2D eigenvalue weighted by Gasteiger charge is 2.21. The smallest absolute Gasteiger partial charge is 0.255 e. The Kier molecular flexibility index (Phi) is 4.44. The van der Waals surface area contributed by atoms with E-state index in [4.69, 9.17) is 21.7 Å². The van der Waals surface area contributed by atoms with Gasteiger partial charge in [0.15, 0.2) is 4.77 Å². The third-order valence-electron chi connectivity index (χ3n) is 3.90. The average Bonchev–Trinajstić information content (AvgIpc) is 2.54. The summed E-state index contributed by atoms with van der Waals surface area (Å²) in [7, 11) is 3.16. The van der Waals surface area contributed by atoms with Crippen LogP contribution in [0.5, 0.6) is 11.8 Å². The fraction of sp³-hybridized carbons (Fsp3) is 0.400. The molecule has 1 aliphatic rings. The van der Waals surface area contributed by atoms with Crippen molar-refractivity contribution >= 4 is 12.2 Å². The zero-order valence-corrected chi connectivity index (χ0v) is 13.8. The Bertz CT molecular complexity index is 830. The van der Waals surface area contributed by atoms with Crippen LogP contribution in [0.3, 0.4) is 0 Å². The van der Waals surface area contributed by atoms with E-state index >= 15 is 0 Å². The lowest BCUT2D eigenvalue weighted by Crippen LogP contribution is -2.35. The summed E-state index contributed by atoms with van der Waals surface area (Å²) < 4.78 is 10.8. The van der Waals surface area contributed by atoms with E-state index in [1.165, 1.54) is 0 Å². The highest BCUT2D eigenvalue weighted by Crippen LogP contribution is 2.23. The van der Waals surface area contributed by atoms with E-state index in [1.54, 1.807) is 14.2 Å². The first kappa shape index (κ1) is 15.7. The van der Waals surface area contributed by atoms with Crippen LogP contribution in [0, 0.1) is 4.77 Å². The van der Waals surface area contributed by atoms with Crippen molar-refractivity contribution in [2.45, 2.75) is 19.5 Å². The van der Waals surface area contributed by atoms with E-state index in [0.717, 1.165) is 23.4 Å². The molecule has 2 N–H and O–H groups in total. The summed E-state index contributed by atoms with van der Waals surface area (Å²) in [6, 6.07) is 3.76. The van der Waals surface area contributed by atoms with Gasteiger partial charge in [-0.25, -0.2) is 0 Å². The average molecular weight is 334 g/mol. The normalized spacial score (nSPS) is 14.3. The second-order valence-electron chi connectivity index (χ2n) is 5.35. The number of nitrogens with one attached hydrogen (secondary N) is 2. The molecular weight excluding hydrogens is 316 g/mol. The van der Waals surface area contributed by atoms with Gasteiger partial charge in [0.1, 0.15) is 0 Å². The number of hydrogen-bond acceptors (Lipinski definition) is 6. The molecule has 0 saturated heterocycles. The van der Waals surface area contributed by atoms with Crippen molar-refractivity contribution in [1.82, 2.24) is 19.9 Å². The molecule has 122 valence electrons. The minimum atomic E-state index is -0.0907. The Morgan fingerprint density at radius 1 is 1.30 bits per heavy atom. The van der Waals surface area contributed by atoms with Crippen LogP contribution < -0.4 is 15.0 Å². The highest BCUT2D eigenvalue weighted by molar-refractivity contribution is 7.71. The van der Waals surface area contributed by atoms with Crippen LogP contribution in [-0.2, 0) is 19.5 Å². The van der Waals surface area contributed by atoms with Gasteiger partial charge < -0.3 is 14.5 Å². The van der Waals surface area contributed by atoms with Gasteiger partial charge in [-0.3, -0.25) is 14.7 Å². The van der Waals surface area contributed by atoms with E-state index in [1.807, 2.05) is 12.1 Å². The van der Waals surface area contributed by atoms with Crippen LogP contribution in [0.4, 0.5) is 0 Å². The third-order valence-corrected chi connectivity index (χ3v) is 4.10. The van der Waals surface area contributed by atoms with E-state index in [9.17, 15) is 4.79 Å². The minimum Gasteiger partial charge on any atom is -0.481 e. The molecule has 0 bridgehead atoms. The number of aromatic amines is 2. The summed E-state index contributed by atoms with van der Waals surface area (Å²) in [6.45, 7) is 2.10. The summed E-state index contributed by atoms with van der Waals surface area (Å²) >= 11 is 5.05. The van der Waals surface area contributed by atoms with Gasteiger partial charge in [-0.2, -0.15) is 4.98 Å². The second kappa shape index (κ2) is 6.51. The fourth-order valence-electron chi connectivity index (χ4n) is 2.77. The highest BCUT2D eigenvalue weighted by atomic mass is 32.1. The zero-order chi connectivity index (χ0) is 16.4. The third kappa shape index (κ3) is 3.27. The molecular formula is C15H18N4O3S. The number of rotatable bonds is 4. The number of ether oxygens (including phenoxy) is 2. The van der Waals surface area contributed by atoms with Crippen LogP contribution in [0.2, 0.25) is 0 Å². The molecule has 0 aromatic carbocycles.